The highest BCUT2D eigenvalue weighted by molar-refractivity contribution is 7.15. The summed E-state index contributed by atoms with van der Waals surface area (Å²) < 4.78 is 0. The first-order chi connectivity index (χ1) is 9.42. The van der Waals surface area contributed by atoms with E-state index in [1.807, 2.05) is 41.8 Å². The number of nitrogens with zero attached hydrogens (tertiary/aromatic N) is 2. The van der Waals surface area contributed by atoms with Crippen LogP contribution in [0.25, 0.3) is 10.6 Å². The lowest BCUT2D eigenvalue weighted by molar-refractivity contribution is 1.29. The van der Waals surface area contributed by atoms with Gasteiger partial charge in [-0.2, -0.15) is 5.10 Å². The number of hydrazone groups is 1. The van der Waals surface area contributed by atoms with Gasteiger partial charge in [-0.15, -0.1) is 22.7 Å². The van der Waals surface area contributed by atoms with Gasteiger partial charge in [-0.3, -0.25) is 5.43 Å². The molecule has 0 spiro atoms. The normalized spacial score (nSPS) is 10.9. The summed E-state index contributed by atoms with van der Waals surface area (Å²) in [5.74, 6) is 0. The number of aromatic nitrogens is 1. The third-order valence-electron chi connectivity index (χ3n) is 2.45. The topological polar surface area (TPSA) is 37.3 Å². The molecule has 0 unspecified atom stereocenters. The molecule has 0 atom stereocenters. The lowest BCUT2D eigenvalue weighted by Gasteiger charge is -1.93. The van der Waals surface area contributed by atoms with E-state index in [0.29, 0.717) is 0 Å². The van der Waals surface area contributed by atoms with E-state index in [-0.39, 0.29) is 0 Å². The Labute approximate surface area is 119 Å². The summed E-state index contributed by atoms with van der Waals surface area (Å²) in [5, 5.41) is 9.07. The molecule has 0 fully saturated rings. The Kier molecular flexibility index (Phi) is 3.67. The number of thiophene rings is 1. The fourth-order valence-corrected chi connectivity index (χ4v) is 2.98. The second kappa shape index (κ2) is 5.77. The lowest BCUT2D eigenvalue weighted by atomic mass is 10.2. The summed E-state index contributed by atoms with van der Waals surface area (Å²) in [6.07, 6.45) is 1.78. The Bertz CT molecular complexity index is 657. The van der Waals surface area contributed by atoms with Crippen molar-refractivity contribution in [3.8, 4) is 10.6 Å². The van der Waals surface area contributed by atoms with Crippen LogP contribution in [0.5, 0.6) is 0 Å². The molecule has 2 heterocycles. The Morgan fingerprint density at radius 3 is 2.74 bits per heavy atom. The van der Waals surface area contributed by atoms with E-state index in [0.717, 1.165) is 16.4 Å². The molecule has 0 amide bonds. The predicted octanol–water partition coefficient (Wildman–Crippen LogP) is 4.32. The van der Waals surface area contributed by atoms with Gasteiger partial charge in [0.2, 0.25) is 5.13 Å². The molecule has 0 bridgehead atoms. The van der Waals surface area contributed by atoms with Crippen molar-refractivity contribution in [3.63, 3.8) is 0 Å². The molecule has 0 aliphatic carbocycles. The van der Waals surface area contributed by atoms with Gasteiger partial charge in [0.25, 0.3) is 0 Å². The van der Waals surface area contributed by atoms with Crippen LogP contribution in [0.3, 0.4) is 0 Å². The zero-order valence-corrected chi connectivity index (χ0v) is 11.6. The van der Waals surface area contributed by atoms with Crippen LogP contribution in [0.2, 0.25) is 0 Å². The number of nitrogens with one attached hydrogen (secondary N) is 1. The second-order valence-electron chi connectivity index (χ2n) is 3.80. The minimum Gasteiger partial charge on any atom is -0.253 e. The molecule has 5 heteroatoms. The van der Waals surface area contributed by atoms with E-state index >= 15 is 0 Å². The predicted molar refractivity (Wildman–Crippen MR) is 83.1 cm³/mol. The highest BCUT2D eigenvalue weighted by Crippen LogP contribution is 2.28. The van der Waals surface area contributed by atoms with Gasteiger partial charge < -0.3 is 0 Å². The second-order valence-corrected chi connectivity index (χ2v) is 5.60. The molecule has 19 heavy (non-hydrogen) atoms. The molecule has 3 nitrogen and oxygen atoms in total. The minimum atomic E-state index is 0.801. The van der Waals surface area contributed by atoms with Crippen molar-refractivity contribution in [1.29, 1.82) is 0 Å². The summed E-state index contributed by atoms with van der Waals surface area (Å²) in [4.78, 5) is 5.67. The van der Waals surface area contributed by atoms with Gasteiger partial charge in [-0.1, -0.05) is 36.4 Å². The first-order valence-electron chi connectivity index (χ1n) is 5.75. The monoisotopic (exact) mass is 285 g/mol. The van der Waals surface area contributed by atoms with Crippen molar-refractivity contribution >= 4 is 34.0 Å². The first-order valence-corrected chi connectivity index (χ1v) is 7.51. The molecule has 0 aliphatic rings. The van der Waals surface area contributed by atoms with Crippen LogP contribution in [0, 0.1) is 0 Å². The summed E-state index contributed by atoms with van der Waals surface area (Å²) in [5.41, 5.74) is 5.01. The molecule has 3 rings (SSSR count). The smallest absolute Gasteiger partial charge is 0.203 e. The third-order valence-corrected chi connectivity index (χ3v) is 4.09. The van der Waals surface area contributed by atoms with E-state index in [2.05, 4.69) is 27.0 Å². The van der Waals surface area contributed by atoms with E-state index in [1.54, 1.807) is 28.9 Å². The van der Waals surface area contributed by atoms with E-state index in [4.69, 9.17) is 0 Å². The highest BCUT2D eigenvalue weighted by atomic mass is 32.1. The number of hydrogen-bond donors (Lipinski definition) is 1. The average molecular weight is 285 g/mol. The fourth-order valence-electron chi connectivity index (χ4n) is 1.56. The quantitative estimate of drug-likeness (QED) is 0.572. The number of benzene rings is 1. The first kappa shape index (κ1) is 12.1. The van der Waals surface area contributed by atoms with E-state index in [1.165, 1.54) is 4.88 Å². The molecule has 2 aromatic heterocycles. The van der Waals surface area contributed by atoms with Crippen molar-refractivity contribution in [2.24, 2.45) is 5.10 Å². The van der Waals surface area contributed by atoms with Crippen LogP contribution in [-0.4, -0.2) is 11.2 Å². The summed E-state index contributed by atoms with van der Waals surface area (Å²) in [7, 11) is 0. The molecular formula is C14H11N3S2. The summed E-state index contributed by atoms with van der Waals surface area (Å²) in [6, 6.07) is 14.1. The van der Waals surface area contributed by atoms with Crippen LogP contribution in [0.4, 0.5) is 5.13 Å². The zero-order chi connectivity index (χ0) is 12.9. The van der Waals surface area contributed by atoms with Crippen LogP contribution in [0.1, 0.15) is 5.56 Å². The molecular weight excluding hydrogens is 274 g/mol. The number of anilines is 1. The van der Waals surface area contributed by atoms with Crippen LogP contribution in [0.15, 0.2) is 58.3 Å². The molecule has 3 aromatic rings. The number of thiazole rings is 1. The zero-order valence-electron chi connectivity index (χ0n) is 9.98. The SMILES string of the molecule is C(=N\Nc1nc(-c2cccs2)cs1)/c1ccccc1. The molecule has 0 saturated heterocycles. The van der Waals surface area contributed by atoms with Crippen molar-refractivity contribution in [1.82, 2.24) is 4.98 Å². The van der Waals surface area contributed by atoms with Crippen LogP contribution in [-0.2, 0) is 0 Å². The maximum Gasteiger partial charge on any atom is 0.203 e. The van der Waals surface area contributed by atoms with Crippen molar-refractivity contribution in [2.75, 3.05) is 5.43 Å². The summed E-state index contributed by atoms with van der Waals surface area (Å²) in [6.45, 7) is 0. The lowest BCUT2D eigenvalue weighted by Crippen LogP contribution is -1.89. The van der Waals surface area contributed by atoms with Crippen LogP contribution < -0.4 is 5.43 Å². The van der Waals surface area contributed by atoms with Crippen molar-refractivity contribution < 1.29 is 0 Å². The maximum absolute atomic E-state index is 4.49. The molecule has 94 valence electrons. The van der Waals surface area contributed by atoms with Crippen LogP contribution >= 0.6 is 22.7 Å². The molecule has 1 N–H and O–H groups in total. The van der Waals surface area contributed by atoms with Gasteiger partial charge in [0.15, 0.2) is 0 Å². The minimum absolute atomic E-state index is 0.801. The standard InChI is InChI=1S/C14H11N3S2/c1-2-5-11(6-3-1)9-15-17-14-16-12(10-19-14)13-7-4-8-18-13/h1-10H,(H,16,17)/b15-9+. The fraction of sp³-hybridized carbons (Fsp3) is 0. The van der Waals surface area contributed by atoms with Gasteiger partial charge in [-0.25, -0.2) is 4.98 Å². The molecule has 1 aromatic carbocycles. The van der Waals surface area contributed by atoms with Gasteiger partial charge >= 0.3 is 0 Å². The Morgan fingerprint density at radius 1 is 1.05 bits per heavy atom. The van der Waals surface area contributed by atoms with E-state index < -0.39 is 0 Å². The Balaban J connectivity index is 1.67. The van der Waals surface area contributed by atoms with E-state index in [9.17, 15) is 0 Å². The van der Waals surface area contributed by atoms with Gasteiger partial charge in [0.05, 0.1) is 16.8 Å². The third kappa shape index (κ3) is 3.07. The van der Waals surface area contributed by atoms with Crippen molar-refractivity contribution in [2.45, 2.75) is 0 Å². The number of rotatable bonds is 4. The van der Waals surface area contributed by atoms with Crippen molar-refractivity contribution in [3.05, 3.63) is 58.8 Å². The Hall–Kier alpha value is -1.98. The Morgan fingerprint density at radius 2 is 1.95 bits per heavy atom. The largest absolute Gasteiger partial charge is 0.253 e. The average Bonchev–Trinajstić information content (AvgIpc) is 3.10. The molecule has 0 aliphatic heterocycles. The highest BCUT2D eigenvalue weighted by Gasteiger charge is 2.03. The maximum atomic E-state index is 4.49. The van der Waals surface area contributed by atoms with Gasteiger partial charge in [0.1, 0.15) is 0 Å². The van der Waals surface area contributed by atoms with Gasteiger partial charge in [0, 0.05) is 5.38 Å². The molecule has 0 radical (unpaired) electrons. The summed E-state index contributed by atoms with van der Waals surface area (Å²) >= 11 is 3.24. The van der Waals surface area contributed by atoms with Gasteiger partial charge in [-0.05, 0) is 17.0 Å². The number of hydrogen-bond acceptors (Lipinski definition) is 5. The molecule has 0 saturated carbocycles.